The quantitative estimate of drug-likeness (QED) is 0.800. The number of carbonyl (C=O) groups is 1. The summed E-state index contributed by atoms with van der Waals surface area (Å²) < 4.78 is 18.4. The number of ether oxygens (including phenoxy) is 1. The minimum absolute atomic E-state index is 0.0145. The van der Waals surface area contributed by atoms with Crippen molar-refractivity contribution in [2.45, 2.75) is 39.3 Å². The topological polar surface area (TPSA) is 51.2 Å². The molecule has 4 nitrogen and oxygen atoms in total. The molecule has 0 saturated heterocycles. The summed E-state index contributed by atoms with van der Waals surface area (Å²) in [5.41, 5.74) is 0. The second-order valence-electron chi connectivity index (χ2n) is 3.87. The van der Waals surface area contributed by atoms with Crippen LogP contribution in [0.5, 0.6) is 5.75 Å². The Kier molecular flexibility index (Phi) is 4.87. The maximum Gasteiger partial charge on any atom is 0.260 e. The van der Waals surface area contributed by atoms with Crippen molar-refractivity contribution in [1.29, 1.82) is 0 Å². The van der Waals surface area contributed by atoms with Crippen LogP contribution in [0, 0.1) is 5.95 Å². The molecule has 1 N–H and O–H groups in total. The average Bonchev–Trinajstić information content (AvgIpc) is 2.31. The van der Waals surface area contributed by atoms with E-state index in [0.29, 0.717) is 0 Å². The Morgan fingerprint density at radius 3 is 2.88 bits per heavy atom. The molecule has 0 aromatic carbocycles. The Balaban J connectivity index is 2.57. The SMILES string of the molecule is CCC(C)NC(=O)C(C)Oc1cccnc1F. The summed E-state index contributed by atoms with van der Waals surface area (Å²) in [6.07, 6.45) is 1.41. The van der Waals surface area contributed by atoms with Crippen LogP contribution in [-0.4, -0.2) is 23.0 Å². The van der Waals surface area contributed by atoms with E-state index in [9.17, 15) is 9.18 Å². The normalized spacial score (nSPS) is 13.9. The fourth-order valence-corrected chi connectivity index (χ4v) is 1.17. The number of nitrogens with zero attached hydrogens (tertiary/aromatic N) is 1. The number of halogens is 1. The van der Waals surface area contributed by atoms with Crippen molar-refractivity contribution in [3.8, 4) is 5.75 Å². The molecule has 17 heavy (non-hydrogen) atoms. The lowest BCUT2D eigenvalue weighted by molar-refractivity contribution is -0.128. The maximum absolute atomic E-state index is 13.2. The van der Waals surface area contributed by atoms with Crippen molar-refractivity contribution in [3.05, 3.63) is 24.3 Å². The fraction of sp³-hybridized carbons (Fsp3) is 0.500. The van der Waals surface area contributed by atoms with Gasteiger partial charge in [-0.3, -0.25) is 4.79 Å². The summed E-state index contributed by atoms with van der Waals surface area (Å²) in [4.78, 5) is 15.1. The van der Waals surface area contributed by atoms with Gasteiger partial charge >= 0.3 is 0 Å². The van der Waals surface area contributed by atoms with Gasteiger partial charge in [-0.15, -0.1) is 0 Å². The van der Waals surface area contributed by atoms with Gasteiger partial charge in [-0.2, -0.15) is 4.39 Å². The van der Waals surface area contributed by atoms with Gasteiger partial charge < -0.3 is 10.1 Å². The number of nitrogens with one attached hydrogen (secondary N) is 1. The Hall–Kier alpha value is -1.65. The maximum atomic E-state index is 13.2. The molecule has 0 aliphatic heterocycles. The first-order valence-electron chi connectivity index (χ1n) is 5.62. The molecule has 2 unspecified atom stereocenters. The van der Waals surface area contributed by atoms with Crippen LogP contribution in [-0.2, 0) is 4.79 Å². The zero-order valence-corrected chi connectivity index (χ0v) is 10.2. The summed E-state index contributed by atoms with van der Waals surface area (Å²) in [7, 11) is 0. The average molecular weight is 240 g/mol. The van der Waals surface area contributed by atoms with Gasteiger partial charge in [0.25, 0.3) is 11.9 Å². The van der Waals surface area contributed by atoms with Crippen LogP contribution in [0.3, 0.4) is 0 Å². The molecule has 0 bridgehead atoms. The molecule has 1 rings (SSSR count). The first-order chi connectivity index (χ1) is 8.04. The molecule has 1 amide bonds. The molecular formula is C12H17FN2O2. The smallest absolute Gasteiger partial charge is 0.260 e. The molecule has 0 radical (unpaired) electrons. The van der Waals surface area contributed by atoms with Crippen molar-refractivity contribution < 1.29 is 13.9 Å². The van der Waals surface area contributed by atoms with Crippen molar-refractivity contribution in [3.63, 3.8) is 0 Å². The lowest BCUT2D eigenvalue weighted by Gasteiger charge is -2.17. The van der Waals surface area contributed by atoms with Gasteiger partial charge in [0.15, 0.2) is 11.9 Å². The third kappa shape index (κ3) is 4.01. The first-order valence-corrected chi connectivity index (χ1v) is 5.62. The molecule has 5 heteroatoms. The van der Waals surface area contributed by atoms with Crippen LogP contribution in [0.1, 0.15) is 27.2 Å². The number of hydrogen-bond donors (Lipinski definition) is 1. The lowest BCUT2D eigenvalue weighted by atomic mass is 10.2. The summed E-state index contributed by atoms with van der Waals surface area (Å²) >= 11 is 0. The van der Waals surface area contributed by atoms with E-state index in [-0.39, 0.29) is 17.7 Å². The number of aromatic nitrogens is 1. The van der Waals surface area contributed by atoms with E-state index in [2.05, 4.69) is 10.3 Å². The van der Waals surface area contributed by atoms with Crippen LogP contribution < -0.4 is 10.1 Å². The molecule has 94 valence electrons. The van der Waals surface area contributed by atoms with E-state index in [1.165, 1.54) is 12.3 Å². The minimum atomic E-state index is -0.748. The highest BCUT2D eigenvalue weighted by molar-refractivity contribution is 5.80. The third-order valence-corrected chi connectivity index (χ3v) is 2.40. The third-order valence-electron chi connectivity index (χ3n) is 2.40. The molecule has 0 saturated carbocycles. The number of carbonyl (C=O) groups excluding carboxylic acids is 1. The fourth-order valence-electron chi connectivity index (χ4n) is 1.17. The van der Waals surface area contributed by atoms with Crippen molar-refractivity contribution >= 4 is 5.91 Å². The van der Waals surface area contributed by atoms with E-state index in [0.717, 1.165) is 6.42 Å². The highest BCUT2D eigenvalue weighted by Gasteiger charge is 2.17. The van der Waals surface area contributed by atoms with Gasteiger partial charge in [-0.1, -0.05) is 6.92 Å². The van der Waals surface area contributed by atoms with E-state index in [1.807, 2.05) is 13.8 Å². The molecule has 1 heterocycles. The van der Waals surface area contributed by atoms with Crippen molar-refractivity contribution in [2.75, 3.05) is 0 Å². The molecule has 2 atom stereocenters. The highest BCUT2D eigenvalue weighted by Crippen LogP contribution is 2.14. The number of rotatable bonds is 5. The first kappa shape index (κ1) is 13.4. The van der Waals surface area contributed by atoms with Crippen LogP contribution in [0.4, 0.5) is 4.39 Å². The van der Waals surface area contributed by atoms with Crippen LogP contribution >= 0.6 is 0 Å². The Bertz CT molecular complexity index is 385. The summed E-state index contributed by atoms with van der Waals surface area (Å²) in [5, 5.41) is 2.76. The van der Waals surface area contributed by atoms with Gasteiger partial charge in [-0.05, 0) is 32.4 Å². The number of amides is 1. The molecule has 1 aromatic rings. The van der Waals surface area contributed by atoms with E-state index >= 15 is 0 Å². The molecular weight excluding hydrogens is 223 g/mol. The predicted octanol–water partition coefficient (Wildman–Crippen LogP) is 1.90. The molecule has 0 spiro atoms. The second-order valence-corrected chi connectivity index (χ2v) is 3.87. The zero-order valence-electron chi connectivity index (χ0n) is 10.2. The van der Waals surface area contributed by atoms with Gasteiger partial charge in [0, 0.05) is 12.2 Å². The Morgan fingerprint density at radius 1 is 1.59 bits per heavy atom. The van der Waals surface area contributed by atoms with Gasteiger partial charge in [0.2, 0.25) is 0 Å². The van der Waals surface area contributed by atoms with Crippen LogP contribution in [0.25, 0.3) is 0 Å². The minimum Gasteiger partial charge on any atom is -0.476 e. The van der Waals surface area contributed by atoms with Gasteiger partial charge in [-0.25, -0.2) is 4.98 Å². The number of hydrogen-bond acceptors (Lipinski definition) is 3. The van der Waals surface area contributed by atoms with E-state index < -0.39 is 12.1 Å². The predicted molar refractivity (Wildman–Crippen MR) is 62.2 cm³/mol. The molecule has 0 fully saturated rings. The second kappa shape index (κ2) is 6.18. The van der Waals surface area contributed by atoms with Gasteiger partial charge in [0.1, 0.15) is 0 Å². The van der Waals surface area contributed by atoms with Crippen molar-refractivity contribution in [2.24, 2.45) is 0 Å². The van der Waals surface area contributed by atoms with Crippen LogP contribution in [0.15, 0.2) is 18.3 Å². The lowest BCUT2D eigenvalue weighted by Crippen LogP contribution is -2.41. The monoisotopic (exact) mass is 240 g/mol. The largest absolute Gasteiger partial charge is 0.476 e. The molecule has 0 aliphatic rings. The Labute approximate surface area is 100 Å². The summed E-state index contributed by atoms with van der Waals surface area (Å²) in [6, 6.07) is 3.07. The Morgan fingerprint density at radius 2 is 2.29 bits per heavy atom. The highest BCUT2D eigenvalue weighted by atomic mass is 19.1. The zero-order chi connectivity index (χ0) is 12.8. The van der Waals surface area contributed by atoms with Gasteiger partial charge in [0.05, 0.1) is 0 Å². The molecule has 0 aliphatic carbocycles. The summed E-state index contributed by atoms with van der Waals surface area (Å²) in [6.45, 7) is 5.44. The standard InChI is InChI=1S/C12H17FN2O2/c1-4-8(2)15-12(16)9(3)17-10-6-5-7-14-11(10)13/h5-9H,4H2,1-3H3,(H,15,16). The van der Waals surface area contributed by atoms with Crippen LogP contribution in [0.2, 0.25) is 0 Å². The molecule has 1 aromatic heterocycles. The van der Waals surface area contributed by atoms with E-state index in [1.54, 1.807) is 13.0 Å². The number of pyridine rings is 1. The van der Waals surface area contributed by atoms with Crippen molar-refractivity contribution in [1.82, 2.24) is 10.3 Å². The summed E-state index contributed by atoms with van der Waals surface area (Å²) in [5.74, 6) is -0.988. The van der Waals surface area contributed by atoms with E-state index in [4.69, 9.17) is 4.74 Å².